The largest absolute Gasteiger partial charge is 0.481 e. The molecular weight excluding hydrogens is 232 g/mol. The fourth-order valence-corrected chi connectivity index (χ4v) is 2.13. The number of aromatic nitrogens is 1. The van der Waals surface area contributed by atoms with Crippen LogP contribution in [0, 0.1) is 0 Å². The van der Waals surface area contributed by atoms with Crippen LogP contribution in [0.4, 0.5) is 0 Å². The lowest BCUT2D eigenvalue weighted by Gasteiger charge is -2.06. The normalized spacial score (nSPS) is 11.5. The lowest BCUT2D eigenvalue weighted by Crippen LogP contribution is -2.30. The van der Waals surface area contributed by atoms with E-state index >= 15 is 0 Å². The molecule has 7 heteroatoms. The van der Waals surface area contributed by atoms with Crippen molar-refractivity contribution < 1.29 is 18.3 Å². The Morgan fingerprint density at radius 1 is 1.31 bits per heavy atom. The molecule has 1 heterocycles. The van der Waals surface area contributed by atoms with Gasteiger partial charge in [0.1, 0.15) is 0 Å². The fourth-order valence-electron chi connectivity index (χ4n) is 1.14. The number of rotatable bonds is 7. The zero-order valence-electron chi connectivity index (χ0n) is 8.67. The molecule has 0 atom stereocenters. The van der Waals surface area contributed by atoms with Crippen molar-refractivity contribution >= 4 is 16.0 Å². The summed E-state index contributed by atoms with van der Waals surface area (Å²) in [5.41, 5.74) is 0. The van der Waals surface area contributed by atoms with E-state index in [-0.39, 0.29) is 18.7 Å². The highest BCUT2D eigenvalue weighted by atomic mass is 32.2. The van der Waals surface area contributed by atoms with E-state index in [1.165, 1.54) is 0 Å². The first-order chi connectivity index (χ1) is 7.49. The molecular formula is C9H14N2O4S. The van der Waals surface area contributed by atoms with Gasteiger partial charge in [-0.3, -0.25) is 4.79 Å². The Kier molecular flexibility index (Phi) is 4.51. The smallest absolute Gasteiger partial charge is 0.304 e. The van der Waals surface area contributed by atoms with Crippen molar-refractivity contribution in [3.05, 3.63) is 24.5 Å². The number of carbonyl (C=O) groups is 1. The third-order valence-corrected chi connectivity index (χ3v) is 3.33. The quantitative estimate of drug-likeness (QED) is 0.702. The van der Waals surface area contributed by atoms with Crippen LogP contribution >= 0.6 is 0 Å². The van der Waals surface area contributed by atoms with E-state index in [2.05, 4.69) is 4.72 Å². The van der Waals surface area contributed by atoms with Gasteiger partial charge in [-0.2, -0.15) is 0 Å². The van der Waals surface area contributed by atoms with Gasteiger partial charge < -0.3 is 9.67 Å². The zero-order valence-corrected chi connectivity index (χ0v) is 9.48. The highest BCUT2D eigenvalue weighted by Gasteiger charge is 2.11. The maximum atomic E-state index is 11.3. The van der Waals surface area contributed by atoms with E-state index in [0.717, 1.165) is 0 Å². The zero-order chi connectivity index (χ0) is 12.0. The highest BCUT2D eigenvalue weighted by molar-refractivity contribution is 7.89. The van der Waals surface area contributed by atoms with E-state index in [9.17, 15) is 13.2 Å². The van der Waals surface area contributed by atoms with Crippen LogP contribution in [0.5, 0.6) is 0 Å². The van der Waals surface area contributed by atoms with Gasteiger partial charge in [-0.25, -0.2) is 13.1 Å². The molecule has 0 fully saturated rings. The number of carboxylic acids is 1. The van der Waals surface area contributed by atoms with Gasteiger partial charge in [-0.05, 0) is 12.1 Å². The molecule has 6 nitrogen and oxygen atoms in total. The second kappa shape index (κ2) is 5.66. The van der Waals surface area contributed by atoms with Crippen molar-refractivity contribution in [2.75, 3.05) is 12.3 Å². The Morgan fingerprint density at radius 2 is 1.94 bits per heavy atom. The molecule has 1 rings (SSSR count). The van der Waals surface area contributed by atoms with Crippen molar-refractivity contribution in [1.82, 2.24) is 9.29 Å². The summed E-state index contributed by atoms with van der Waals surface area (Å²) in [5.74, 6) is -1.50. The number of hydrogen-bond donors (Lipinski definition) is 2. The monoisotopic (exact) mass is 246 g/mol. The maximum Gasteiger partial charge on any atom is 0.304 e. The summed E-state index contributed by atoms with van der Waals surface area (Å²) in [7, 11) is -3.47. The van der Waals surface area contributed by atoms with Crippen LogP contribution in [0.25, 0.3) is 0 Å². The molecule has 0 unspecified atom stereocenters. The molecule has 0 saturated carbocycles. The molecule has 0 aliphatic carbocycles. The molecule has 0 spiro atoms. The molecule has 0 aliphatic heterocycles. The molecule has 0 aliphatic rings. The van der Waals surface area contributed by atoms with Gasteiger partial charge in [0, 0.05) is 25.5 Å². The summed E-state index contributed by atoms with van der Waals surface area (Å²) in [4.78, 5) is 10.2. The number of aliphatic carboxylic acids is 1. The second-order valence-electron chi connectivity index (χ2n) is 3.28. The number of sulfonamides is 1. The Labute approximate surface area is 93.9 Å². The van der Waals surface area contributed by atoms with Crippen LogP contribution in [0.15, 0.2) is 24.5 Å². The van der Waals surface area contributed by atoms with Crippen LogP contribution in [0.2, 0.25) is 0 Å². The summed E-state index contributed by atoms with van der Waals surface area (Å²) in [6, 6.07) is 3.69. The minimum atomic E-state index is -3.47. The Hall–Kier alpha value is -1.34. The molecule has 0 radical (unpaired) electrons. The van der Waals surface area contributed by atoms with Crippen LogP contribution < -0.4 is 4.72 Å². The summed E-state index contributed by atoms with van der Waals surface area (Å²) < 4.78 is 26.7. The molecule has 0 aromatic carbocycles. The standard InChI is InChI=1S/C9H14N2O4S/c12-9(13)3-8-16(14,15)10-4-7-11-5-1-2-6-11/h1-2,5-6,10H,3-4,7-8H2,(H,12,13). The van der Waals surface area contributed by atoms with Gasteiger partial charge in [-0.15, -0.1) is 0 Å². The van der Waals surface area contributed by atoms with Crippen molar-refractivity contribution in [1.29, 1.82) is 0 Å². The van der Waals surface area contributed by atoms with Crippen LogP contribution in [-0.2, 0) is 21.4 Å². The SMILES string of the molecule is O=C(O)CCS(=O)(=O)NCCn1cccc1. The van der Waals surface area contributed by atoms with Gasteiger partial charge >= 0.3 is 5.97 Å². The number of carboxylic acid groups (broad SMARTS) is 1. The molecule has 16 heavy (non-hydrogen) atoms. The average Bonchev–Trinajstić information content (AvgIpc) is 2.68. The summed E-state index contributed by atoms with van der Waals surface area (Å²) in [6.45, 7) is 0.788. The first-order valence-electron chi connectivity index (χ1n) is 4.79. The molecule has 2 N–H and O–H groups in total. The lowest BCUT2D eigenvalue weighted by molar-refractivity contribution is -0.136. The molecule has 0 bridgehead atoms. The van der Waals surface area contributed by atoms with E-state index in [1.54, 1.807) is 0 Å². The third kappa shape index (κ3) is 4.94. The molecule has 0 saturated heterocycles. The molecule has 1 aromatic rings. The summed E-state index contributed by atoms with van der Waals surface area (Å²) in [5, 5.41) is 8.36. The Bertz CT molecular complexity index is 424. The molecule has 90 valence electrons. The van der Waals surface area contributed by atoms with Crippen LogP contribution in [-0.4, -0.2) is 36.4 Å². The van der Waals surface area contributed by atoms with Crippen molar-refractivity contribution in [3.63, 3.8) is 0 Å². The predicted molar refractivity (Wildman–Crippen MR) is 58.5 cm³/mol. The molecule has 0 amide bonds. The minimum Gasteiger partial charge on any atom is -0.481 e. The Balaban J connectivity index is 2.28. The van der Waals surface area contributed by atoms with E-state index in [1.807, 2.05) is 29.1 Å². The van der Waals surface area contributed by atoms with Gasteiger partial charge in [0.05, 0.1) is 12.2 Å². The second-order valence-corrected chi connectivity index (χ2v) is 5.20. The summed E-state index contributed by atoms with van der Waals surface area (Å²) >= 11 is 0. The fraction of sp³-hybridized carbons (Fsp3) is 0.444. The van der Waals surface area contributed by atoms with E-state index in [4.69, 9.17) is 5.11 Å². The Morgan fingerprint density at radius 3 is 2.50 bits per heavy atom. The maximum absolute atomic E-state index is 11.3. The van der Waals surface area contributed by atoms with Crippen LogP contribution in [0.3, 0.4) is 0 Å². The number of hydrogen-bond acceptors (Lipinski definition) is 3. The molecule has 1 aromatic heterocycles. The van der Waals surface area contributed by atoms with Crippen molar-refractivity contribution in [2.24, 2.45) is 0 Å². The van der Waals surface area contributed by atoms with E-state index in [0.29, 0.717) is 6.54 Å². The van der Waals surface area contributed by atoms with Gasteiger partial charge in [0.25, 0.3) is 0 Å². The van der Waals surface area contributed by atoms with Crippen LogP contribution in [0.1, 0.15) is 6.42 Å². The number of nitrogens with zero attached hydrogens (tertiary/aromatic N) is 1. The average molecular weight is 246 g/mol. The van der Waals surface area contributed by atoms with Gasteiger partial charge in [-0.1, -0.05) is 0 Å². The lowest BCUT2D eigenvalue weighted by atomic mass is 10.5. The van der Waals surface area contributed by atoms with E-state index < -0.39 is 16.0 Å². The third-order valence-electron chi connectivity index (χ3n) is 1.94. The van der Waals surface area contributed by atoms with Crippen molar-refractivity contribution in [3.8, 4) is 0 Å². The predicted octanol–water partition coefficient (Wildman–Crippen LogP) is -0.118. The number of nitrogens with one attached hydrogen (secondary N) is 1. The highest BCUT2D eigenvalue weighted by Crippen LogP contribution is 1.92. The first kappa shape index (κ1) is 12.7. The first-order valence-corrected chi connectivity index (χ1v) is 6.45. The van der Waals surface area contributed by atoms with Crippen molar-refractivity contribution in [2.45, 2.75) is 13.0 Å². The summed E-state index contributed by atoms with van der Waals surface area (Å²) in [6.07, 6.45) is 3.27. The minimum absolute atomic E-state index is 0.261. The van der Waals surface area contributed by atoms with Gasteiger partial charge in [0.15, 0.2) is 0 Å². The van der Waals surface area contributed by atoms with Gasteiger partial charge in [0.2, 0.25) is 10.0 Å². The topological polar surface area (TPSA) is 88.4 Å².